The fourth-order valence-corrected chi connectivity index (χ4v) is 3.70. The molecule has 2 fully saturated rings. The van der Waals surface area contributed by atoms with Crippen LogP contribution in [0, 0.1) is 11.3 Å². The van der Waals surface area contributed by atoms with Crippen LogP contribution in [0.4, 0.5) is 17.6 Å². The van der Waals surface area contributed by atoms with Crippen LogP contribution in [0.3, 0.4) is 0 Å². The fraction of sp³-hybridized carbons (Fsp3) is 0.500. The summed E-state index contributed by atoms with van der Waals surface area (Å²) in [4.78, 5) is 23.6. The Morgan fingerprint density at radius 1 is 1.26 bits per heavy atom. The molecule has 1 aliphatic heterocycles. The highest BCUT2D eigenvalue weighted by molar-refractivity contribution is 5.59. The number of aliphatic imine (C=N–C) groups is 1. The third-order valence-corrected chi connectivity index (χ3v) is 5.27. The van der Waals surface area contributed by atoms with E-state index in [2.05, 4.69) is 35.1 Å². The van der Waals surface area contributed by atoms with Crippen LogP contribution in [0.25, 0.3) is 0 Å². The van der Waals surface area contributed by atoms with E-state index in [1.54, 1.807) is 18.3 Å². The molecule has 0 radical (unpaired) electrons. The van der Waals surface area contributed by atoms with E-state index >= 15 is 0 Å². The van der Waals surface area contributed by atoms with E-state index in [-0.39, 0.29) is 13.6 Å². The maximum Gasteiger partial charge on any atom is 0.320 e. The number of aromatic nitrogens is 4. The lowest BCUT2D eigenvalue weighted by Gasteiger charge is -2.30. The van der Waals surface area contributed by atoms with Crippen molar-refractivity contribution in [1.82, 2.24) is 19.9 Å². The normalized spacial score (nSPS) is 21.6. The minimum absolute atomic E-state index is 0. The summed E-state index contributed by atoms with van der Waals surface area (Å²) < 4.78 is 11.5. The van der Waals surface area contributed by atoms with E-state index in [4.69, 9.17) is 20.5 Å². The van der Waals surface area contributed by atoms with Crippen molar-refractivity contribution >= 4 is 23.9 Å². The molecule has 4 rings (SSSR count). The van der Waals surface area contributed by atoms with Crippen LogP contribution in [-0.2, 0) is 4.74 Å². The van der Waals surface area contributed by atoms with Crippen molar-refractivity contribution in [1.29, 1.82) is 5.26 Å². The van der Waals surface area contributed by atoms with Gasteiger partial charge in [-0.2, -0.15) is 15.2 Å². The number of nitrogens with zero attached hydrogens (tertiary/aromatic N) is 7. The van der Waals surface area contributed by atoms with Crippen molar-refractivity contribution in [2.75, 3.05) is 36.5 Å². The van der Waals surface area contributed by atoms with Crippen molar-refractivity contribution in [2.24, 2.45) is 10.7 Å². The molecule has 3 heterocycles. The molecule has 164 valence electrons. The lowest BCUT2D eigenvalue weighted by atomic mass is 9.93. The van der Waals surface area contributed by atoms with E-state index < -0.39 is 0 Å². The number of hydrogen-bond donors (Lipinski definition) is 2. The average Bonchev–Trinajstić information content (AvgIpc) is 2.81. The topological polar surface area (TPSA) is 147 Å². The van der Waals surface area contributed by atoms with Gasteiger partial charge in [-0.15, -0.1) is 0 Å². The molecular formula is C20H27N9O2. The van der Waals surface area contributed by atoms with Gasteiger partial charge < -0.3 is 25.4 Å². The Hall–Kier alpha value is -3.52. The van der Waals surface area contributed by atoms with Crippen LogP contribution < -0.4 is 20.7 Å². The fourth-order valence-electron chi connectivity index (χ4n) is 3.70. The highest BCUT2D eigenvalue weighted by atomic mass is 16.5. The van der Waals surface area contributed by atoms with Gasteiger partial charge in [-0.25, -0.2) is 15.0 Å². The second-order valence-electron chi connectivity index (χ2n) is 7.36. The van der Waals surface area contributed by atoms with Gasteiger partial charge in [0.05, 0.1) is 19.6 Å². The predicted molar refractivity (Wildman–Crippen MR) is 117 cm³/mol. The number of rotatable bonds is 6. The molecule has 2 aromatic heterocycles. The summed E-state index contributed by atoms with van der Waals surface area (Å²) in [7, 11) is 0. The molecule has 0 bridgehead atoms. The number of morpholine rings is 1. The van der Waals surface area contributed by atoms with Gasteiger partial charge in [0.25, 0.3) is 0 Å². The first-order chi connectivity index (χ1) is 15.2. The summed E-state index contributed by atoms with van der Waals surface area (Å²) in [5.74, 6) is 1.71. The maximum atomic E-state index is 8.98. The zero-order valence-electron chi connectivity index (χ0n) is 17.1. The number of nitriles is 1. The van der Waals surface area contributed by atoms with Crippen LogP contribution in [0.5, 0.6) is 6.01 Å². The van der Waals surface area contributed by atoms with Crippen LogP contribution in [0.15, 0.2) is 23.3 Å². The van der Waals surface area contributed by atoms with Crippen molar-refractivity contribution in [3.8, 4) is 12.1 Å². The monoisotopic (exact) mass is 425 g/mol. The molecule has 1 aliphatic carbocycles. The zero-order chi connectivity index (χ0) is 21.5. The SMILES string of the molecule is N#Cc1ccnc(NC2CCC(Oc3nc(/N=C\N)cc(N4CCOCC4)n3)CC2)n1.[HH]. The Kier molecular flexibility index (Phi) is 6.68. The van der Waals surface area contributed by atoms with Crippen molar-refractivity contribution < 1.29 is 10.9 Å². The lowest BCUT2D eigenvalue weighted by Crippen LogP contribution is -2.37. The summed E-state index contributed by atoms with van der Waals surface area (Å²) in [6.45, 7) is 2.84. The standard InChI is InChI=1S/C20H25N9O2.H2/c21-12-15-5-6-23-19(26-15)25-14-1-3-16(4-2-14)31-20-27-17(24-13-22)11-18(28-20)29-7-9-30-10-8-29;/h5-6,11,13-14,16H,1-4,7-10H2,(H,23,25,26)(H2,22,24,27,28);1H. The highest BCUT2D eigenvalue weighted by Gasteiger charge is 2.24. The maximum absolute atomic E-state index is 8.98. The van der Waals surface area contributed by atoms with Crippen LogP contribution in [0.1, 0.15) is 32.8 Å². The van der Waals surface area contributed by atoms with Crippen molar-refractivity contribution in [3.05, 3.63) is 24.0 Å². The van der Waals surface area contributed by atoms with Gasteiger partial charge in [-0.1, -0.05) is 0 Å². The molecule has 0 aromatic carbocycles. The minimum atomic E-state index is 0. The molecular weight excluding hydrogens is 398 g/mol. The second kappa shape index (κ2) is 9.99. The molecule has 11 heteroatoms. The van der Waals surface area contributed by atoms with Gasteiger partial charge in [-0.3, -0.25) is 0 Å². The molecule has 3 N–H and O–H groups in total. The Bertz CT molecular complexity index is 954. The third kappa shape index (κ3) is 5.55. The minimum Gasteiger partial charge on any atom is -0.460 e. The number of anilines is 2. The van der Waals surface area contributed by atoms with E-state index in [9.17, 15) is 0 Å². The van der Waals surface area contributed by atoms with Crippen molar-refractivity contribution in [2.45, 2.75) is 37.8 Å². The largest absolute Gasteiger partial charge is 0.460 e. The van der Waals surface area contributed by atoms with Gasteiger partial charge in [0.15, 0.2) is 5.82 Å². The Balaban J connectivity index is 0.00000289. The summed E-state index contributed by atoms with van der Waals surface area (Å²) >= 11 is 0. The summed E-state index contributed by atoms with van der Waals surface area (Å²) in [6, 6.07) is 5.96. The first-order valence-corrected chi connectivity index (χ1v) is 10.4. The summed E-state index contributed by atoms with van der Waals surface area (Å²) in [5.41, 5.74) is 5.81. The first-order valence-electron chi connectivity index (χ1n) is 10.4. The van der Waals surface area contributed by atoms with Crippen molar-refractivity contribution in [3.63, 3.8) is 0 Å². The van der Waals surface area contributed by atoms with E-state index in [1.807, 2.05) is 6.07 Å². The third-order valence-electron chi connectivity index (χ3n) is 5.27. The first kappa shape index (κ1) is 20.7. The highest BCUT2D eigenvalue weighted by Crippen LogP contribution is 2.27. The quantitative estimate of drug-likeness (QED) is 0.517. The van der Waals surface area contributed by atoms with E-state index in [1.165, 1.54) is 6.34 Å². The summed E-state index contributed by atoms with van der Waals surface area (Å²) in [6.07, 6.45) is 6.29. The number of ether oxygens (including phenoxy) is 2. The van der Waals surface area contributed by atoms with Gasteiger partial charge in [0.1, 0.15) is 23.7 Å². The van der Waals surface area contributed by atoms with Crippen LogP contribution in [-0.4, -0.2) is 64.7 Å². The number of hydrogen-bond acceptors (Lipinski definition) is 10. The molecule has 1 saturated carbocycles. The smallest absolute Gasteiger partial charge is 0.320 e. The number of nitrogens with one attached hydrogen (secondary N) is 1. The lowest BCUT2D eigenvalue weighted by molar-refractivity contribution is 0.121. The molecule has 0 unspecified atom stereocenters. The van der Waals surface area contributed by atoms with E-state index in [0.29, 0.717) is 36.7 Å². The van der Waals surface area contributed by atoms with Gasteiger partial charge in [0.2, 0.25) is 5.95 Å². The molecule has 2 aromatic rings. The predicted octanol–water partition coefficient (Wildman–Crippen LogP) is 1.64. The molecule has 1 saturated heterocycles. The zero-order valence-corrected chi connectivity index (χ0v) is 17.1. The van der Waals surface area contributed by atoms with Crippen LogP contribution >= 0.6 is 0 Å². The van der Waals surface area contributed by atoms with Gasteiger partial charge >= 0.3 is 6.01 Å². The molecule has 2 aliphatic rings. The Morgan fingerprint density at radius 3 is 2.81 bits per heavy atom. The molecule has 11 nitrogen and oxygen atoms in total. The van der Waals surface area contributed by atoms with Gasteiger partial charge in [-0.05, 0) is 31.7 Å². The van der Waals surface area contributed by atoms with E-state index in [0.717, 1.165) is 44.6 Å². The molecule has 0 spiro atoms. The Labute approximate surface area is 181 Å². The second-order valence-corrected chi connectivity index (χ2v) is 7.36. The summed E-state index contributed by atoms with van der Waals surface area (Å²) in [5, 5.41) is 12.3. The molecule has 0 atom stereocenters. The molecule has 0 amide bonds. The number of nitrogens with two attached hydrogens (primary N) is 1. The van der Waals surface area contributed by atoms with Gasteiger partial charge in [0, 0.05) is 32.8 Å². The Morgan fingerprint density at radius 2 is 2.06 bits per heavy atom. The van der Waals surface area contributed by atoms with Crippen LogP contribution in [0.2, 0.25) is 0 Å². The average molecular weight is 425 g/mol. The molecule has 31 heavy (non-hydrogen) atoms.